The van der Waals surface area contributed by atoms with Crippen LogP contribution in [0.25, 0.3) is 0 Å². The zero-order valence-corrected chi connectivity index (χ0v) is 9.25. The highest BCUT2D eigenvalue weighted by Crippen LogP contribution is 1.90. The molecule has 0 saturated heterocycles. The molecule has 0 aromatic carbocycles. The highest BCUT2D eigenvalue weighted by atomic mass is 16.3. The Morgan fingerprint density at radius 2 is 1.62 bits per heavy atom. The molecule has 0 aliphatic heterocycles. The Bertz CT molecular complexity index is 105. The molecule has 79 valence electrons. The van der Waals surface area contributed by atoms with E-state index >= 15 is 0 Å². The molecule has 0 aliphatic rings. The van der Waals surface area contributed by atoms with Crippen molar-refractivity contribution in [2.75, 3.05) is 46.4 Å². The molecule has 0 rings (SSSR count). The van der Waals surface area contributed by atoms with Crippen LogP contribution in [-0.2, 0) is 5.11 Å². The molecule has 0 aromatic rings. The number of hydrogen-bond donors (Lipinski definition) is 0. The Morgan fingerprint density at radius 3 is 2.08 bits per heavy atom. The predicted molar refractivity (Wildman–Crippen MR) is 55.5 cm³/mol. The zero-order chi connectivity index (χ0) is 10.1. The maximum Gasteiger partial charge on any atom is 0.0834 e. The van der Waals surface area contributed by atoms with Gasteiger partial charge in [-0.25, -0.2) is 5.11 Å². The van der Waals surface area contributed by atoms with Crippen LogP contribution < -0.4 is 0 Å². The van der Waals surface area contributed by atoms with E-state index in [0.717, 1.165) is 39.1 Å². The van der Waals surface area contributed by atoms with Gasteiger partial charge < -0.3 is 9.80 Å². The van der Waals surface area contributed by atoms with Gasteiger partial charge in [-0.15, -0.1) is 0 Å². The average Bonchev–Trinajstić information content (AvgIpc) is 2.16. The van der Waals surface area contributed by atoms with Crippen molar-refractivity contribution in [3.05, 3.63) is 0 Å². The van der Waals surface area contributed by atoms with Crippen LogP contribution >= 0.6 is 0 Å². The topological polar surface area (TPSA) is 26.4 Å². The van der Waals surface area contributed by atoms with Gasteiger partial charge in [0, 0.05) is 19.6 Å². The van der Waals surface area contributed by atoms with Crippen molar-refractivity contribution in [1.29, 1.82) is 0 Å². The van der Waals surface area contributed by atoms with Crippen LogP contribution in [0.5, 0.6) is 0 Å². The standard InChI is InChI=1S/C10H23N2O/c1-4-12(5-2)9-8-11(3)7-6-10-13/h4-10H2,1-3H3. The van der Waals surface area contributed by atoms with E-state index in [1.54, 1.807) is 0 Å². The van der Waals surface area contributed by atoms with E-state index in [0.29, 0.717) is 0 Å². The van der Waals surface area contributed by atoms with E-state index in [-0.39, 0.29) is 6.61 Å². The van der Waals surface area contributed by atoms with Gasteiger partial charge in [0.15, 0.2) is 0 Å². The quantitative estimate of drug-likeness (QED) is 0.568. The monoisotopic (exact) mass is 187 g/mol. The summed E-state index contributed by atoms with van der Waals surface area (Å²) in [6.45, 7) is 9.77. The summed E-state index contributed by atoms with van der Waals surface area (Å²) in [5.41, 5.74) is 0. The molecule has 3 nitrogen and oxygen atoms in total. The SMILES string of the molecule is CCN(CC)CCN(C)CCC[O]. The van der Waals surface area contributed by atoms with Crippen LogP contribution in [0, 0.1) is 0 Å². The third kappa shape index (κ3) is 6.99. The Hall–Kier alpha value is -0.120. The highest BCUT2D eigenvalue weighted by Gasteiger charge is 2.01. The molecule has 1 radical (unpaired) electrons. The maximum absolute atomic E-state index is 10.2. The molecule has 3 heteroatoms. The van der Waals surface area contributed by atoms with Crippen LogP contribution in [0.4, 0.5) is 0 Å². The van der Waals surface area contributed by atoms with Crippen molar-refractivity contribution in [2.24, 2.45) is 0 Å². The molecule has 0 fully saturated rings. The van der Waals surface area contributed by atoms with Gasteiger partial charge in [-0.05, 0) is 26.6 Å². The fourth-order valence-corrected chi connectivity index (χ4v) is 1.30. The van der Waals surface area contributed by atoms with E-state index in [9.17, 15) is 5.11 Å². The van der Waals surface area contributed by atoms with E-state index < -0.39 is 0 Å². The first kappa shape index (κ1) is 12.9. The van der Waals surface area contributed by atoms with Crippen molar-refractivity contribution in [3.63, 3.8) is 0 Å². The molecule has 0 spiro atoms. The molecule has 0 heterocycles. The summed E-state index contributed by atoms with van der Waals surface area (Å²) in [6.07, 6.45) is 0.773. The molecule has 0 amide bonds. The van der Waals surface area contributed by atoms with Gasteiger partial charge in [0.1, 0.15) is 0 Å². The van der Waals surface area contributed by atoms with Crippen LogP contribution in [0.1, 0.15) is 20.3 Å². The molecular formula is C10H23N2O. The molecule has 0 saturated carbocycles. The molecule has 0 unspecified atom stereocenters. The lowest BCUT2D eigenvalue weighted by Gasteiger charge is -2.22. The lowest BCUT2D eigenvalue weighted by Crippen LogP contribution is -2.33. The Labute approximate surface area is 82.3 Å². The van der Waals surface area contributed by atoms with Crippen molar-refractivity contribution in [1.82, 2.24) is 9.80 Å². The smallest absolute Gasteiger partial charge is 0.0834 e. The third-order valence-corrected chi connectivity index (χ3v) is 2.38. The number of nitrogens with zero attached hydrogens (tertiary/aromatic N) is 2. The fourth-order valence-electron chi connectivity index (χ4n) is 1.30. The number of rotatable bonds is 8. The summed E-state index contributed by atoms with van der Waals surface area (Å²) in [7, 11) is 2.08. The minimum atomic E-state index is 0.0512. The largest absolute Gasteiger partial charge is 0.305 e. The van der Waals surface area contributed by atoms with Crippen LogP contribution in [0.3, 0.4) is 0 Å². The molecule has 0 aliphatic carbocycles. The minimum Gasteiger partial charge on any atom is -0.305 e. The van der Waals surface area contributed by atoms with E-state index in [2.05, 4.69) is 30.7 Å². The van der Waals surface area contributed by atoms with Crippen LogP contribution in [0.2, 0.25) is 0 Å². The zero-order valence-electron chi connectivity index (χ0n) is 9.25. The Balaban J connectivity index is 3.38. The van der Waals surface area contributed by atoms with Crippen LogP contribution in [-0.4, -0.2) is 56.2 Å². The van der Waals surface area contributed by atoms with Gasteiger partial charge in [0.25, 0.3) is 0 Å². The van der Waals surface area contributed by atoms with Gasteiger partial charge in [-0.1, -0.05) is 13.8 Å². The van der Waals surface area contributed by atoms with Crippen molar-refractivity contribution < 1.29 is 5.11 Å². The normalized spacial score (nSPS) is 11.5. The predicted octanol–water partition coefficient (Wildman–Crippen LogP) is 1.08. The lowest BCUT2D eigenvalue weighted by molar-refractivity contribution is 0.167. The summed E-state index contributed by atoms with van der Waals surface area (Å²) < 4.78 is 0. The second-order valence-electron chi connectivity index (χ2n) is 3.39. The van der Waals surface area contributed by atoms with Gasteiger partial charge in [0.2, 0.25) is 0 Å². The second-order valence-corrected chi connectivity index (χ2v) is 3.39. The number of likely N-dealkylation sites (N-methyl/N-ethyl adjacent to an activating group) is 2. The summed E-state index contributed by atoms with van der Waals surface area (Å²) in [4.78, 5) is 4.63. The van der Waals surface area contributed by atoms with Crippen molar-refractivity contribution >= 4 is 0 Å². The van der Waals surface area contributed by atoms with Crippen molar-refractivity contribution in [3.8, 4) is 0 Å². The second kappa shape index (κ2) is 8.48. The number of hydrogen-bond acceptors (Lipinski definition) is 2. The molecule has 0 atom stereocenters. The van der Waals surface area contributed by atoms with Crippen molar-refractivity contribution in [2.45, 2.75) is 20.3 Å². The van der Waals surface area contributed by atoms with Gasteiger partial charge in [0.05, 0.1) is 6.61 Å². The molecule has 0 aromatic heterocycles. The Morgan fingerprint density at radius 1 is 1.00 bits per heavy atom. The maximum atomic E-state index is 10.2. The van der Waals surface area contributed by atoms with Gasteiger partial charge in [-0.2, -0.15) is 0 Å². The molecule has 13 heavy (non-hydrogen) atoms. The first-order valence-electron chi connectivity index (χ1n) is 5.23. The Kier molecular flexibility index (Phi) is 8.40. The molecular weight excluding hydrogens is 164 g/mol. The first-order valence-corrected chi connectivity index (χ1v) is 5.23. The molecule has 0 bridgehead atoms. The summed E-state index contributed by atoms with van der Waals surface area (Å²) in [5.74, 6) is 0. The van der Waals surface area contributed by atoms with E-state index in [1.165, 1.54) is 0 Å². The summed E-state index contributed by atoms with van der Waals surface area (Å²) in [5, 5.41) is 10.2. The van der Waals surface area contributed by atoms with Crippen LogP contribution in [0.15, 0.2) is 0 Å². The van der Waals surface area contributed by atoms with Gasteiger partial charge in [-0.3, -0.25) is 0 Å². The third-order valence-electron chi connectivity index (χ3n) is 2.38. The van der Waals surface area contributed by atoms with E-state index in [4.69, 9.17) is 0 Å². The van der Waals surface area contributed by atoms with E-state index in [1.807, 2.05) is 0 Å². The minimum absolute atomic E-state index is 0.0512. The summed E-state index contributed by atoms with van der Waals surface area (Å²) in [6, 6.07) is 0. The first-order chi connectivity index (χ1) is 6.24. The average molecular weight is 187 g/mol. The van der Waals surface area contributed by atoms with Gasteiger partial charge >= 0.3 is 0 Å². The summed E-state index contributed by atoms with van der Waals surface area (Å²) >= 11 is 0. The highest BCUT2D eigenvalue weighted by molar-refractivity contribution is 4.57. The fraction of sp³-hybridized carbons (Fsp3) is 1.00. The molecule has 0 N–H and O–H groups in total. The lowest BCUT2D eigenvalue weighted by atomic mass is 10.4.